The maximum atomic E-state index is 5.09. The minimum atomic E-state index is -0.403. The molecular weight excluding hydrogens is 779 g/mol. The van der Waals surface area contributed by atoms with Crippen LogP contribution in [0.3, 0.4) is 0 Å². The highest BCUT2D eigenvalue weighted by molar-refractivity contribution is 6.12. The van der Waals surface area contributed by atoms with E-state index in [4.69, 9.17) is 21.5 Å². The van der Waals surface area contributed by atoms with Gasteiger partial charge in [0.15, 0.2) is 11.6 Å². The van der Waals surface area contributed by atoms with E-state index in [9.17, 15) is 0 Å². The Morgan fingerprint density at radius 2 is 1.11 bits per heavy atom. The summed E-state index contributed by atoms with van der Waals surface area (Å²) in [7, 11) is 0. The van der Waals surface area contributed by atoms with Crippen LogP contribution in [0.25, 0.3) is 55.8 Å². The lowest BCUT2D eigenvalue weighted by Crippen LogP contribution is -2.30. The van der Waals surface area contributed by atoms with Crippen molar-refractivity contribution in [3.05, 3.63) is 247 Å². The van der Waals surface area contributed by atoms with Gasteiger partial charge in [-0.1, -0.05) is 200 Å². The first kappa shape index (κ1) is 40.2. The molecule has 1 aliphatic rings. The predicted molar refractivity (Wildman–Crippen MR) is 267 cm³/mol. The third-order valence-electron chi connectivity index (χ3n) is 12.4. The van der Waals surface area contributed by atoms with Crippen LogP contribution in [0.4, 0.5) is 11.6 Å². The molecule has 7 aromatic carbocycles. The molecule has 1 aliphatic carbocycles. The van der Waals surface area contributed by atoms with Crippen molar-refractivity contribution in [2.45, 2.75) is 37.5 Å². The maximum absolute atomic E-state index is 5.09. The first-order valence-corrected chi connectivity index (χ1v) is 22.3. The third kappa shape index (κ3) is 8.00. The highest BCUT2D eigenvalue weighted by Gasteiger charge is 2.37. The average molecular weight is 828 g/mol. The number of para-hydroxylation sites is 2. The van der Waals surface area contributed by atoms with Crippen LogP contribution in [-0.4, -0.2) is 19.5 Å². The van der Waals surface area contributed by atoms with Crippen molar-refractivity contribution >= 4 is 39.0 Å². The summed E-state index contributed by atoms with van der Waals surface area (Å²) in [5.74, 6) is 1.64. The first-order valence-electron chi connectivity index (χ1n) is 22.3. The molecule has 0 spiro atoms. The zero-order chi connectivity index (χ0) is 43.1. The maximum Gasteiger partial charge on any atom is 0.231 e. The molecule has 0 fully saturated rings. The van der Waals surface area contributed by atoms with Gasteiger partial charge in [0.05, 0.1) is 11.0 Å². The van der Waals surface area contributed by atoms with Crippen LogP contribution in [0.2, 0.25) is 0 Å². The molecule has 0 saturated carbocycles. The molecule has 2 heterocycles. The highest BCUT2D eigenvalue weighted by Crippen LogP contribution is 2.47. The van der Waals surface area contributed by atoms with Gasteiger partial charge in [-0.2, -0.15) is 9.97 Å². The first-order chi connectivity index (χ1) is 31.7. The van der Waals surface area contributed by atoms with Crippen molar-refractivity contribution in [2.75, 3.05) is 5.32 Å². The molecule has 1 N–H and O–H groups in total. The van der Waals surface area contributed by atoms with Crippen LogP contribution in [0, 0.1) is 0 Å². The summed E-state index contributed by atoms with van der Waals surface area (Å²) in [6, 6.07) is 66.2. The van der Waals surface area contributed by atoms with Crippen molar-refractivity contribution in [3.8, 4) is 28.5 Å². The molecule has 5 nitrogen and oxygen atoms in total. The molecule has 0 unspecified atom stereocenters. The van der Waals surface area contributed by atoms with Gasteiger partial charge in [0.2, 0.25) is 5.95 Å². The number of hydrogen-bond acceptors (Lipinski definition) is 4. The topological polar surface area (TPSA) is 55.6 Å². The van der Waals surface area contributed by atoms with Crippen LogP contribution in [0.15, 0.2) is 231 Å². The SMILES string of the molecule is C=C(/C=C1\CCC/C=C\C=C/CCC1(c1ccccc1)c1ccccc1)c1cc2c(cc1Nc1nc(-c3ccccc3)nc(-c3ccccc3)n1)c1ccccc1n2-c1ccccc1. The molecule has 0 bridgehead atoms. The van der Waals surface area contributed by atoms with E-state index in [-0.39, 0.29) is 0 Å². The van der Waals surface area contributed by atoms with Crippen molar-refractivity contribution in [2.24, 2.45) is 0 Å². The summed E-state index contributed by atoms with van der Waals surface area (Å²) in [6.45, 7) is 4.98. The van der Waals surface area contributed by atoms with Gasteiger partial charge in [-0.05, 0) is 79.1 Å². The standard InChI is InChI=1S/C59H49N5/c1-43(40-48-34-16-5-3-2-4-6-25-39-59(48,46-30-17-9-18-31-46)47-32-19-10-20-33-47)51-42-55-52(50-37-23-24-38-54(50)64(55)49-35-21-11-22-36-49)41-53(51)60-58-62-56(44-26-12-7-13-27-44)61-57(63-58)45-28-14-8-15-29-45/h2-4,6-15,17-24,26-33,35-38,40-42H,1,5,16,25,34,39H2,(H,60,61,62,63)/b3-2-,6-4-,48-40+. The summed E-state index contributed by atoms with van der Waals surface area (Å²) < 4.78 is 2.37. The van der Waals surface area contributed by atoms with Crippen LogP contribution < -0.4 is 5.32 Å². The van der Waals surface area contributed by atoms with E-state index >= 15 is 0 Å². The predicted octanol–water partition coefficient (Wildman–Crippen LogP) is 15.0. The van der Waals surface area contributed by atoms with E-state index in [0.717, 1.165) is 87.5 Å². The lowest BCUT2D eigenvalue weighted by molar-refractivity contribution is 0.528. The molecule has 9 aromatic rings. The second kappa shape index (κ2) is 18.2. The number of rotatable bonds is 9. The molecule has 0 radical (unpaired) electrons. The van der Waals surface area contributed by atoms with Gasteiger partial charge in [-0.15, -0.1) is 0 Å². The Kier molecular flexibility index (Phi) is 11.4. The summed E-state index contributed by atoms with van der Waals surface area (Å²) in [5.41, 5.74) is 11.4. The zero-order valence-electron chi connectivity index (χ0n) is 35.8. The molecule has 0 saturated heterocycles. The summed E-state index contributed by atoms with van der Waals surface area (Å²) >= 11 is 0. The van der Waals surface area contributed by atoms with E-state index in [0.29, 0.717) is 17.6 Å². The normalized spacial score (nSPS) is 15.7. The smallest absolute Gasteiger partial charge is 0.231 e. The Labute approximate surface area is 375 Å². The van der Waals surface area contributed by atoms with Crippen LogP contribution in [-0.2, 0) is 5.41 Å². The van der Waals surface area contributed by atoms with Crippen LogP contribution >= 0.6 is 0 Å². The van der Waals surface area contributed by atoms with Gasteiger partial charge in [0, 0.05) is 44.3 Å². The Morgan fingerprint density at radius 1 is 0.562 bits per heavy atom. The highest BCUT2D eigenvalue weighted by atomic mass is 15.2. The Morgan fingerprint density at radius 3 is 1.73 bits per heavy atom. The van der Waals surface area contributed by atoms with Gasteiger partial charge in [0.25, 0.3) is 0 Å². The van der Waals surface area contributed by atoms with Gasteiger partial charge < -0.3 is 9.88 Å². The van der Waals surface area contributed by atoms with Crippen LogP contribution in [0.1, 0.15) is 48.8 Å². The van der Waals surface area contributed by atoms with Crippen LogP contribution in [0.5, 0.6) is 0 Å². The molecule has 0 atom stereocenters. The Bertz CT molecular complexity index is 3050. The van der Waals surface area contributed by atoms with Gasteiger partial charge >= 0.3 is 0 Å². The number of anilines is 2. The molecule has 2 aromatic heterocycles. The van der Waals surface area contributed by atoms with E-state index in [2.05, 4.69) is 168 Å². The third-order valence-corrected chi connectivity index (χ3v) is 12.4. The molecule has 5 heteroatoms. The molecule has 64 heavy (non-hydrogen) atoms. The van der Waals surface area contributed by atoms with Gasteiger partial charge in [-0.3, -0.25) is 0 Å². The van der Waals surface area contributed by atoms with E-state index in [1.54, 1.807) is 0 Å². The molecule has 0 aliphatic heterocycles. The van der Waals surface area contributed by atoms with E-state index < -0.39 is 5.41 Å². The minimum absolute atomic E-state index is 0.403. The monoisotopic (exact) mass is 827 g/mol. The Balaban J connectivity index is 1.22. The number of nitrogens with zero attached hydrogens (tertiary/aromatic N) is 4. The largest absolute Gasteiger partial charge is 0.323 e. The minimum Gasteiger partial charge on any atom is -0.323 e. The molecule has 0 amide bonds. The number of fused-ring (bicyclic) bond motifs is 3. The fraction of sp³-hybridized carbons (Fsp3) is 0.102. The van der Waals surface area contributed by atoms with Gasteiger partial charge in [-0.25, -0.2) is 4.98 Å². The van der Waals surface area contributed by atoms with Crippen molar-refractivity contribution in [1.82, 2.24) is 19.5 Å². The second-order valence-corrected chi connectivity index (χ2v) is 16.4. The summed E-state index contributed by atoms with van der Waals surface area (Å²) in [5, 5.41) is 6.04. The van der Waals surface area contributed by atoms with E-state index in [1.165, 1.54) is 16.7 Å². The molecule has 310 valence electrons. The fourth-order valence-electron chi connectivity index (χ4n) is 9.41. The lowest BCUT2D eigenvalue weighted by atomic mass is 9.64. The quantitative estimate of drug-likeness (QED) is 0.157. The second-order valence-electron chi connectivity index (χ2n) is 16.4. The molecule has 10 rings (SSSR count). The fourth-order valence-corrected chi connectivity index (χ4v) is 9.41. The van der Waals surface area contributed by atoms with Crippen molar-refractivity contribution in [1.29, 1.82) is 0 Å². The zero-order valence-corrected chi connectivity index (χ0v) is 35.8. The summed E-state index contributed by atoms with van der Waals surface area (Å²) in [6.07, 6.45) is 16.1. The van der Waals surface area contributed by atoms with E-state index in [1.807, 2.05) is 60.7 Å². The number of aromatic nitrogens is 4. The number of nitrogens with one attached hydrogen (secondary N) is 1. The average Bonchev–Trinajstić information content (AvgIpc) is 3.66. The number of benzene rings is 7. The summed E-state index contributed by atoms with van der Waals surface area (Å²) in [4.78, 5) is 15.2. The number of allylic oxidation sites excluding steroid dienone is 7. The molecular formula is C59H49N5. The Hall–Kier alpha value is -7.89. The lowest BCUT2D eigenvalue weighted by Gasteiger charge is -2.38. The van der Waals surface area contributed by atoms with Crippen molar-refractivity contribution < 1.29 is 0 Å². The van der Waals surface area contributed by atoms with Crippen molar-refractivity contribution in [3.63, 3.8) is 0 Å². The van der Waals surface area contributed by atoms with Gasteiger partial charge in [0.1, 0.15) is 0 Å². The number of hydrogen-bond donors (Lipinski definition) is 1.